The Morgan fingerprint density at radius 1 is 1.24 bits per heavy atom. The molecule has 1 fully saturated rings. The number of amides is 1. The number of fused-ring (bicyclic) bond motifs is 2. The molecule has 0 unspecified atom stereocenters. The molecule has 0 bridgehead atoms. The predicted octanol–water partition coefficient (Wildman–Crippen LogP) is 1.98. The number of hydrogen-bond acceptors (Lipinski definition) is 8. The number of hydrogen-bond donors (Lipinski definition) is 2. The molecule has 0 aliphatic carbocycles. The summed E-state index contributed by atoms with van der Waals surface area (Å²) in [5, 5.41) is 14.7. The summed E-state index contributed by atoms with van der Waals surface area (Å²) >= 11 is 0. The zero-order chi connectivity index (χ0) is 23.1. The molecule has 172 valence electrons. The zero-order valence-corrected chi connectivity index (χ0v) is 18.8. The smallest absolute Gasteiger partial charge is 0.239 e. The SMILES string of the molecule is Cc1cc(-c2cnc(NCc3cccc4c3CCO4)n3cnnc23)cnc1N1CCNC(=O)C1. The summed E-state index contributed by atoms with van der Waals surface area (Å²) in [7, 11) is 0. The van der Waals surface area contributed by atoms with Gasteiger partial charge in [-0.05, 0) is 30.2 Å². The third-order valence-corrected chi connectivity index (χ3v) is 6.31. The van der Waals surface area contributed by atoms with Crippen molar-refractivity contribution in [2.75, 3.05) is 36.5 Å². The van der Waals surface area contributed by atoms with E-state index in [9.17, 15) is 4.79 Å². The van der Waals surface area contributed by atoms with Gasteiger partial charge in [-0.15, -0.1) is 10.2 Å². The molecule has 0 radical (unpaired) electrons. The molecule has 2 aliphatic rings. The highest BCUT2D eigenvalue weighted by Crippen LogP contribution is 2.30. The molecule has 0 atom stereocenters. The lowest BCUT2D eigenvalue weighted by molar-refractivity contribution is -0.120. The van der Waals surface area contributed by atoms with E-state index in [2.05, 4.69) is 42.9 Å². The maximum atomic E-state index is 11.8. The van der Waals surface area contributed by atoms with Crippen LogP contribution in [0.1, 0.15) is 16.7 Å². The minimum atomic E-state index is 0.0157. The van der Waals surface area contributed by atoms with Gasteiger partial charge >= 0.3 is 0 Å². The number of nitrogens with one attached hydrogen (secondary N) is 2. The van der Waals surface area contributed by atoms with Crippen LogP contribution in [-0.2, 0) is 17.8 Å². The van der Waals surface area contributed by atoms with Crippen LogP contribution >= 0.6 is 0 Å². The number of aryl methyl sites for hydroxylation is 1. The van der Waals surface area contributed by atoms with Crippen LogP contribution in [0.5, 0.6) is 5.75 Å². The highest BCUT2D eigenvalue weighted by Gasteiger charge is 2.20. The van der Waals surface area contributed by atoms with Crippen molar-refractivity contribution in [3.8, 4) is 16.9 Å². The van der Waals surface area contributed by atoms with Gasteiger partial charge in [0.15, 0.2) is 5.65 Å². The zero-order valence-electron chi connectivity index (χ0n) is 18.8. The van der Waals surface area contributed by atoms with Gasteiger partial charge in [-0.1, -0.05) is 12.1 Å². The standard InChI is InChI=1S/C24H24N8O2/c1-15-9-17(11-26-22(15)31-7-6-25-21(33)13-31)19-12-28-24(32-14-29-30-23(19)32)27-10-16-3-2-4-20-18(16)5-8-34-20/h2-4,9,11-12,14H,5-8,10,13H2,1H3,(H,25,33)(H,27,28). The van der Waals surface area contributed by atoms with E-state index in [1.54, 1.807) is 18.7 Å². The van der Waals surface area contributed by atoms with Crippen LogP contribution in [0.15, 0.2) is 43.0 Å². The summed E-state index contributed by atoms with van der Waals surface area (Å²) in [4.78, 5) is 23.1. The van der Waals surface area contributed by atoms with E-state index in [1.807, 2.05) is 28.4 Å². The van der Waals surface area contributed by atoms with Crippen LogP contribution in [0.25, 0.3) is 16.8 Å². The lowest BCUT2D eigenvalue weighted by Gasteiger charge is -2.28. The van der Waals surface area contributed by atoms with Crippen molar-refractivity contribution in [1.82, 2.24) is 29.9 Å². The van der Waals surface area contributed by atoms with Crippen LogP contribution in [0.4, 0.5) is 11.8 Å². The van der Waals surface area contributed by atoms with Crippen molar-refractivity contribution >= 4 is 23.3 Å². The molecule has 10 heteroatoms. The number of pyridine rings is 1. The Balaban J connectivity index is 1.28. The molecule has 2 N–H and O–H groups in total. The van der Waals surface area contributed by atoms with Crippen LogP contribution in [0.3, 0.4) is 0 Å². The molecule has 1 saturated heterocycles. The van der Waals surface area contributed by atoms with Gasteiger partial charge in [0.25, 0.3) is 0 Å². The molecule has 0 spiro atoms. The summed E-state index contributed by atoms with van der Waals surface area (Å²) < 4.78 is 7.53. The topological polar surface area (TPSA) is 110 Å². The Morgan fingerprint density at radius 2 is 2.18 bits per heavy atom. The Labute approximate surface area is 196 Å². The fraction of sp³-hybridized carbons (Fsp3) is 0.292. The summed E-state index contributed by atoms with van der Waals surface area (Å²) in [6.45, 7) is 5.05. The molecule has 2 aliphatic heterocycles. The molecule has 0 saturated carbocycles. The van der Waals surface area contributed by atoms with E-state index in [1.165, 1.54) is 11.1 Å². The van der Waals surface area contributed by atoms with E-state index in [0.29, 0.717) is 31.2 Å². The lowest BCUT2D eigenvalue weighted by atomic mass is 10.1. The fourth-order valence-corrected chi connectivity index (χ4v) is 4.65. The minimum Gasteiger partial charge on any atom is -0.493 e. The first-order valence-electron chi connectivity index (χ1n) is 11.3. The van der Waals surface area contributed by atoms with E-state index in [0.717, 1.165) is 47.8 Å². The quantitative estimate of drug-likeness (QED) is 0.469. The maximum Gasteiger partial charge on any atom is 0.239 e. The summed E-state index contributed by atoms with van der Waals surface area (Å²) in [5.41, 5.74) is 5.88. The van der Waals surface area contributed by atoms with Gasteiger partial charge in [-0.25, -0.2) is 9.97 Å². The average Bonchev–Trinajstić information content (AvgIpc) is 3.53. The van der Waals surface area contributed by atoms with Gasteiger partial charge < -0.3 is 20.3 Å². The highest BCUT2D eigenvalue weighted by atomic mass is 16.5. The number of aromatic nitrogens is 5. The highest BCUT2D eigenvalue weighted by molar-refractivity contribution is 5.83. The number of carbonyl (C=O) groups is 1. The summed E-state index contributed by atoms with van der Waals surface area (Å²) in [6.07, 6.45) is 6.19. The molecular weight excluding hydrogens is 432 g/mol. The molecule has 4 aromatic rings. The Bertz CT molecular complexity index is 1400. The maximum absolute atomic E-state index is 11.8. The first kappa shape index (κ1) is 20.4. The van der Waals surface area contributed by atoms with Gasteiger partial charge in [-0.2, -0.15) is 0 Å². The second-order valence-electron chi connectivity index (χ2n) is 8.50. The number of ether oxygens (including phenoxy) is 1. The second-order valence-corrected chi connectivity index (χ2v) is 8.50. The number of piperazine rings is 1. The van der Waals surface area contributed by atoms with E-state index < -0.39 is 0 Å². The van der Waals surface area contributed by atoms with Crippen molar-refractivity contribution in [2.24, 2.45) is 0 Å². The van der Waals surface area contributed by atoms with Crippen molar-refractivity contribution in [2.45, 2.75) is 19.9 Å². The third kappa shape index (κ3) is 3.57. The van der Waals surface area contributed by atoms with E-state index >= 15 is 0 Å². The number of benzene rings is 1. The lowest BCUT2D eigenvalue weighted by Crippen LogP contribution is -2.48. The normalized spacial score (nSPS) is 15.2. The number of carbonyl (C=O) groups excluding carboxylic acids is 1. The van der Waals surface area contributed by atoms with Crippen molar-refractivity contribution in [1.29, 1.82) is 0 Å². The van der Waals surface area contributed by atoms with Crippen molar-refractivity contribution in [3.63, 3.8) is 0 Å². The molecule has 6 rings (SSSR count). The molecule has 3 aromatic heterocycles. The largest absolute Gasteiger partial charge is 0.493 e. The van der Waals surface area contributed by atoms with Crippen LogP contribution in [0, 0.1) is 6.92 Å². The minimum absolute atomic E-state index is 0.0157. The number of nitrogens with zero attached hydrogens (tertiary/aromatic N) is 6. The van der Waals surface area contributed by atoms with Gasteiger partial charge in [0.05, 0.1) is 13.2 Å². The molecule has 5 heterocycles. The molecule has 34 heavy (non-hydrogen) atoms. The summed E-state index contributed by atoms with van der Waals surface area (Å²) in [5.74, 6) is 2.47. The van der Waals surface area contributed by atoms with Crippen molar-refractivity contribution in [3.05, 3.63) is 59.7 Å². The van der Waals surface area contributed by atoms with E-state index in [4.69, 9.17) is 4.74 Å². The Morgan fingerprint density at radius 3 is 3.06 bits per heavy atom. The van der Waals surface area contributed by atoms with Crippen LogP contribution < -0.4 is 20.3 Å². The van der Waals surface area contributed by atoms with Gasteiger partial charge in [0.2, 0.25) is 11.9 Å². The monoisotopic (exact) mass is 456 g/mol. The van der Waals surface area contributed by atoms with Gasteiger partial charge in [0, 0.05) is 55.1 Å². The van der Waals surface area contributed by atoms with Gasteiger partial charge in [-0.3, -0.25) is 9.20 Å². The fourth-order valence-electron chi connectivity index (χ4n) is 4.65. The number of rotatable bonds is 5. The molecule has 10 nitrogen and oxygen atoms in total. The third-order valence-electron chi connectivity index (χ3n) is 6.31. The predicted molar refractivity (Wildman–Crippen MR) is 127 cm³/mol. The molecule has 1 aromatic carbocycles. The summed E-state index contributed by atoms with van der Waals surface area (Å²) in [6, 6.07) is 8.20. The first-order chi connectivity index (χ1) is 16.7. The first-order valence-corrected chi connectivity index (χ1v) is 11.3. The van der Waals surface area contributed by atoms with Crippen molar-refractivity contribution < 1.29 is 9.53 Å². The van der Waals surface area contributed by atoms with Gasteiger partial charge in [0.1, 0.15) is 17.9 Å². The molecule has 1 amide bonds. The second kappa shape index (κ2) is 8.29. The Kier molecular flexibility index (Phi) is 4.97. The van der Waals surface area contributed by atoms with Crippen LogP contribution in [0.2, 0.25) is 0 Å². The van der Waals surface area contributed by atoms with Crippen LogP contribution in [-0.4, -0.2) is 56.7 Å². The Hall–Kier alpha value is -4.21. The van der Waals surface area contributed by atoms with E-state index in [-0.39, 0.29) is 5.91 Å². The number of anilines is 2. The average molecular weight is 457 g/mol. The molecular formula is C24H24N8O2.